The summed E-state index contributed by atoms with van der Waals surface area (Å²) in [5.41, 5.74) is 4.76. The molecule has 9 heteroatoms. The first kappa shape index (κ1) is 24.1. The van der Waals surface area contributed by atoms with Crippen LogP contribution in [0.4, 0.5) is 5.69 Å². The van der Waals surface area contributed by atoms with Gasteiger partial charge in [-0.2, -0.15) is 0 Å². The lowest BCUT2D eigenvalue weighted by Crippen LogP contribution is -2.39. The van der Waals surface area contributed by atoms with Crippen LogP contribution in [-0.4, -0.2) is 43.7 Å². The lowest BCUT2D eigenvalue weighted by Gasteiger charge is -2.18. The summed E-state index contributed by atoms with van der Waals surface area (Å²) in [5.74, 6) is 0.153. The number of anilines is 1. The van der Waals surface area contributed by atoms with Crippen molar-refractivity contribution in [3.63, 3.8) is 0 Å². The van der Waals surface area contributed by atoms with Gasteiger partial charge >= 0.3 is 0 Å². The number of hydrogen-bond acceptors (Lipinski definition) is 5. The van der Waals surface area contributed by atoms with Gasteiger partial charge in [-0.25, -0.2) is 13.1 Å². The van der Waals surface area contributed by atoms with Crippen LogP contribution < -0.4 is 14.8 Å². The summed E-state index contributed by atoms with van der Waals surface area (Å²) in [6, 6.07) is 17.8. The minimum Gasteiger partial charge on any atom is -0.492 e. The summed E-state index contributed by atoms with van der Waals surface area (Å²) < 4.78 is 35.6. The van der Waals surface area contributed by atoms with E-state index in [4.69, 9.17) is 4.74 Å². The fraction of sp³-hybridized carbons (Fsp3) is 0.222. The van der Waals surface area contributed by atoms with Crippen molar-refractivity contribution in [2.45, 2.75) is 30.7 Å². The smallest absolute Gasteiger partial charge is 0.244 e. The van der Waals surface area contributed by atoms with Crippen molar-refractivity contribution in [2.24, 2.45) is 0 Å². The standard InChI is InChI=1S/C27H27N3O5S/c1-17(32)29-22-6-4-5-18(12-22)20-11-19-9-10-35-27(19)26(14-20)36(33,34)30-23(16-31)13-21-15-28-25-8-3-2-7-24(21)25/h2-8,11-12,14-15,23,28,30-31H,9-10,13,16H2,1H3,(H,29,32)/t23-/m1/s1. The molecule has 0 fully saturated rings. The molecule has 0 unspecified atom stereocenters. The van der Waals surface area contributed by atoms with E-state index in [9.17, 15) is 18.3 Å². The number of aliphatic hydroxyl groups is 1. The number of rotatable bonds is 8. The molecule has 36 heavy (non-hydrogen) atoms. The first-order valence-corrected chi connectivity index (χ1v) is 13.2. The first-order valence-electron chi connectivity index (χ1n) is 11.7. The second-order valence-electron chi connectivity index (χ2n) is 8.89. The minimum atomic E-state index is -4.03. The summed E-state index contributed by atoms with van der Waals surface area (Å²) in [6.07, 6.45) is 2.75. The molecule has 0 spiro atoms. The molecular weight excluding hydrogens is 478 g/mol. The number of aliphatic hydroxyl groups excluding tert-OH is 1. The van der Waals surface area contributed by atoms with Gasteiger partial charge < -0.3 is 20.1 Å². The average molecular weight is 506 g/mol. The molecule has 1 atom stereocenters. The van der Waals surface area contributed by atoms with E-state index in [-0.39, 0.29) is 17.4 Å². The van der Waals surface area contributed by atoms with Gasteiger partial charge in [0.2, 0.25) is 15.9 Å². The number of aromatic nitrogens is 1. The summed E-state index contributed by atoms with van der Waals surface area (Å²) >= 11 is 0. The van der Waals surface area contributed by atoms with Gasteiger partial charge in [-0.3, -0.25) is 4.79 Å². The maximum Gasteiger partial charge on any atom is 0.244 e. The predicted molar refractivity (Wildman–Crippen MR) is 139 cm³/mol. The van der Waals surface area contributed by atoms with E-state index < -0.39 is 16.1 Å². The summed E-state index contributed by atoms with van der Waals surface area (Å²) in [5, 5.41) is 13.8. The van der Waals surface area contributed by atoms with Crippen LogP contribution in [-0.2, 0) is 27.7 Å². The van der Waals surface area contributed by atoms with Crippen LogP contribution in [0, 0.1) is 0 Å². The zero-order valence-electron chi connectivity index (χ0n) is 19.7. The van der Waals surface area contributed by atoms with Gasteiger partial charge in [0.25, 0.3) is 0 Å². The number of fused-ring (bicyclic) bond motifs is 2. The lowest BCUT2D eigenvalue weighted by atomic mass is 10.0. The zero-order valence-corrected chi connectivity index (χ0v) is 20.6. The Morgan fingerprint density at radius 3 is 2.75 bits per heavy atom. The van der Waals surface area contributed by atoms with Gasteiger partial charge in [0.05, 0.1) is 13.2 Å². The Hall–Kier alpha value is -3.66. The Labute approximate surface area is 209 Å². The molecule has 0 saturated heterocycles. The van der Waals surface area contributed by atoms with Crippen LogP contribution in [0.15, 0.2) is 71.8 Å². The fourth-order valence-electron chi connectivity index (χ4n) is 4.61. The molecule has 0 bridgehead atoms. The average Bonchev–Trinajstić information content (AvgIpc) is 3.49. The molecule has 186 valence electrons. The number of para-hydroxylation sites is 1. The second-order valence-corrected chi connectivity index (χ2v) is 10.6. The number of amides is 1. The number of nitrogens with one attached hydrogen (secondary N) is 3. The Morgan fingerprint density at radius 2 is 1.94 bits per heavy atom. The Bertz CT molecular complexity index is 1540. The van der Waals surface area contributed by atoms with Crippen LogP contribution in [0.2, 0.25) is 0 Å². The first-order chi connectivity index (χ1) is 17.3. The van der Waals surface area contributed by atoms with Crippen molar-refractivity contribution in [2.75, 3.05) is 18.5 Å². The highest BCUT2D eigenvalue weighted by Gasteiger charge is 2.29. The van der Waals surface area contributed by atoms with E-state index in [0.717, 1.165) is 27.6 Å². The largest absolute Gasteiger partial charge is 0.492 e. The van der Waals surface area contributed by atoms with Gasteiger partial charge in [-0.05, 0) is 59.0 Å². The van der Waals surface area contributed by atoms with Crippen molar-refractivity contribution in [3.05, 3.63) is 78.0 Å². The minimum absolute atomic E-state index is 0.0369. The fourth-order valence-corrected chi connectivity index (χ4v) is 6.05. The molecule has 1 amide bonds. The molecule has 4 aromatic rings. The molecule has 2 heterocycles. The normalized spacial score (nSPS) is 13.8. The third-order valence-corrected chi connectivity index (χ3v) is 7.76. The monoisotopic (exact) mass is 505 g/mol. The van der Waals surface area contributed by atoms with Crippen molar-refractivity contribution < 1.29 is 23.1 Å². The van der Waals surface area contributed by atoms with Crippen molar-refractivity contribution in [3.8, 4) is 16.9 Å². The van der Waals surface area contributed by atoms with Crippen LogP contribution >= 0.6 is 0 Å². The van der Waals surface area contributed by atoms with E-state index in [0.29, 0.717) is 36.4 Å². The molecule has 1 aliphatic heterocycles. The number of aromatic amines is 1. The summed E-state index contributed by atoms with van der Waals surface area (Å²) in [6.45, 7) is 1.47. The SMILES string of the molecule is CC(=O)Nc1cccc(-c2cc3c(c(S(=O)(=O)N[C@@H](CO)Cc4c[nH]c5ccccc45)c2)OCC3)c1. The van der Waals surface area contributed by atoms with E-state index in [1.54, 1.807) is 24.3 Å². The molecule has 1 aromatic heterocycles. The van der Waals surface area contributed by atoms with Crippen LogP contribution in [0.25, 0.3) is 22.0 Å². The molecule has 8 nitrogen and oxygen atoms in total. The van der Waals surface area contributed by atoms with Crippen molar-refractivity contribution in [1.82, 2.24) is 9.71 Å². The maximum atomic E-state index is 13.6. The second kappa shape index (κ2) is 9.77. The molecule has 0 aliphatic carbocycles. The number of benzene rings is 3. The highest BCUT2D eigenvalue weighted by Crippen LogP contribution is 2.38. The molecule has 0 saturated carbocycles. The molecule has 0 radical (unpaired) electrons. The Balaban J connectivity index is 1.47. The number of sulfonamides is 1. The number of H-pyrrole nitrogens is 1. The highest BCUT2D eigenvalue weighted by atomic mass is 32.2. The van der Waals surface area contributed by atoms with Crippen molar-refractivity contribution in [1.29, 1.82) is 0 Å². The van der Waals surface area contributed by atoms with E-state index in [1.165, 1.54) is 6.92 Å². The third kappa shape index (κ3) is 4.86. The van der Waals surface area contributed by atoms with E-state index in [2.05, 4.69) is 15.0 Å². The number of carbonyl (C=O) groups is 1. The number of carbonyl (C=O) groups excluding carboxylic acids is 1. The third-order valence-electron chi connectivity index (χ3n) is 6.24. The zero-order chi connectivity index (χ0) is 25.3. The lowest BCUT2D eigenvalue weighted by molar-refractivity contribution is -0.114. The summed E-state index contributed by atoms with van der Waals surface area (Å²) in [4.78, 5) is 14.7. The van der Waals surface area contributed by atoms with Gasteiger partial charge in [-0.15, -0.1) is 0 Å². The molecule has 3 aromatic carbocycles. The number of ether oxygens (including phenoxy) is 1. The molecular formula is C27H27N3O5S. The Kier molecular flexibility index (Phi) is 6.53. The van der Waals surface area contributed by atoms with Gasteiger partial charge in [0.1, 0.15) is 10.6 Å². The molecule has 4 N–H and O–H groups in total. The van der Waals surface area contributed by atoms with E-state index >= 15 is 0 Å². The van der Waals surface area contributed by atoms with Crippen molar-refractivity contribution >= 4 is 32.5 Å². The molecule has 1 aliphatic rings. The maximum absolute atomic E-state index is 13.6. The quantitative estimate of drug-likeness (QED) is 0.292. The van der Waals surface area contributed by atoms with Gasteiger partial charge in [0.15, 0.2) is 0 Å². The number of hydrogen-bond donors (Lipinski definition) is 4. The van der Waals surface area contributed by atoms with Gasteiger partial charge in [-0.1, -0.05) is 30.3 Å². The predicted octanol–water partition coefficient (Wildman–Crippen LogP) is 3.61. The highest BCUT2D eigenvalue weighted by molar-refractivity contribution is 7.89. The van der Waals surface area contributed by atoms with Crippen LogP contribution in [0.5, 0.6) is 5.75 Å². The Morgan fingerprint density at radius 1 is 1.11 bits per heavy atom. The van der Waals surface area contributed by atoms with Crippen LogP contribution in [0.3, 0.4) is 0 Å². The van der Waals surface area contributed by atoms with E-state index in [1.807, 2.05) is 42.6 Å². The molecule has 5 rings (SSSR count). The summed E-state index contributed by atoms with van der Waals surface area (Å²) in [7, 11) is -4.03. The topological polar surface area (TPSA) is 121 Å². The van der Waals surface area contributed by atoms with Crippen LogP contribution in [0.1, 0.15) is 18.1 Å². The van der Waals surface area contributed by atoms with Gasteiger partial charge in [0, 0.05) is 42.2 Å².